The summed E-state index contributed by atoms with van der Waals surface area (Å²) in [6, 6.07) is 7.37. The Morgan fingerprint density at radius 3 is 2.67 bits per heavy atom. The van der Waals surface area contributed by atoms with Crippen LogP contribution in [0.3, 0.4) is 0 Å². The van der Waals surface area contributed by atoms with Gasteiger partial charge in [-0.25, -0.2) is 4.98 Å². The van der Waals surface area contributed by atoms with E-state index in [1.165, 1.54) is 0 Å². The van der Waals surface area contributed by atoms with Crippen LogP contribution in [0, 0.1) is 0 Å². The van der Waals surface area contributed by atoms with Crippen LogP contribution in [0.5, 0.6) is 0 Å². The quantitative estimate of drug-likeness (QED) is 0.839. The SMILES string of the molecule is NCC1(NC(=O)CCc2ncc(-c3ccc(Cl)cc3)o2)CCCC1. The summed E-state index contributed by atoms with van der Waals surface area (Å²) < 4.78 is 5.72. The lowest BCUT2D eigenvalue weighted by Crippen LogP contribution is -2.51. The lowest BCUT2D eigenvalue weighted by Gasteiger charge is -2.28. The average molecular weight is 348 g/mol. The highest BCUT2D eigenvalue weighted by Gasteiger charge is 2.33. The minimum Gasteiger partial charge on any atom is -0.441 e. The number of hydrogen-bond donors (Lipinski definition) is 2. The van der Waals surface area contributed by atoms with Gasteiger partial charge in [0.05, 0.1) is 11.7 Å². The Balaban J connectivity index is 1.55. The van der Waals surface area contributed by atoms with Crippen LogP contribution < -0.4 is 11.1 Å². The molecular weight excluding hydrogens is 326 g/mol. The monoisotopic (exact) mass is 347 g/mol. The predicted octanol–water partition coefficient (Wildman–Crippen LogP) is 3.32. The molecule has 0 unspecified atom stereocenters. The van der Waals surface area contributed by atoms with Gasteiger partial charge < -0.3 is 15.5 Å². The molecular formula is C18H22ClN3O2. The number of halogens is 1. The van der Waals surface area contributed by atoms with Crippen LogP contribution in [0.1, 0.15) is 38.0 Å². The van der Waals surface area contributed by atoms with E-state index in [1.807, 2.05) is 12.1 Å². The molecule has 1 saturated carbocycles. The predicted molar refractivity (Wildman–Crippen MR) is 93.7 cm³/mol. The number of benzene rings is 1. The number of nitrogens with zero attached hydrogens (tertiary/aromatic N) is 1. The van der Waals surface area contributed by atoms with E-state index >= 15 is 0 Å². The van der Waals surface area contributed by atoms with E-state index in [1.54, 1.807) is 18.3 Å². The van der Waals surface area contributed by atoms with E-state index in [-0.39, 0.29) is 11.4 Å². The van der Waals surface area contributed by atoms with Gasteiger partial charge in [0.1, 0.15) is 0 Å². The van der Waals surface area contributed by atoms with Gasteiger partial charge in [-0.3, -0.25) is 4.79 Å². The van der Waals surface area contributed by atoms with Crippen molar-refractivity contribution in [3.05, 3.63) is 41.4 Å². The summed E-state index contributed by atoms with van der Waals surface area (Å²) in [6.45, 7) is 0.498. The molecule has 1 fully saturated rings. The molecule has 1 aromatic carbocycles. The van der Waals surface area contributed by atoms with E-state index in [0.717, 1.165) is 31.2 Å². The first-order valence-corrected chi connectivity index (χ1v) is 8.70. The second-order valence-corrected chi connectivity index (χ2v) is 6.80. The molecule has 3 N–H and O–H groups in total. The Bertz CT molecular complexity index is 691. The van der Waals surface area contributed by atoms with E-state index in [0.29, 0.717) is 36.1 Å². The molecule has 6 heteroatoms. The molecule has 1 heterocycles. The second-order valence-electron chi connectivity index (χ2n) is 6.36. The van der Waals surface area contributed by atoms with Crippen molar-refractivity contribution >= 4 is 17.5 Å². The van der Waals surface area contributed by atoms with Crippen molar-refractivity contribution < 1.29 is 9.21 Å². The largest absolute Gasteiger partial charge is 0.441 e. The van der Waals surface area contributed by atoms with Crippen molar-refractivity contribution in [2.75, 3.05) is 6.54 Å². The van der Waals surface area contributed by atoms with Gasteiger partial charge in [-0.1, -0.05) is 24.4 Å². The van der Waals surface area contributed by atoms with Crippen LogP contribution in [0.2, 0.25) is 5.02 Å². The maximum atomic E-state index is 12.2. The van der Waals surface area contributed by atoms with E-state index < -0.39 is 0 Å². The van der Waals surface area contributed by atoms with Crippen LogP contribution in [0.25, 0.3) is 11.3 Å². The number of carbonyl (C=O) groups is 1. The van der Waals surface area contributed by atoms with Gasteiger partial charge in [0.15, 0.2) is 11.7 Å². The summed E-state index contributed by atoms with van der Waals surface area (Å²) in [7, 11) is 0. The zero-order chi connectivity index (χ0) is 17.0. The van der Waals surface area contributed by atoms with Crippen LogP contribution in [0.15, 0.2) is 34.9 Å². The molecule has 0 saturated heterocycles. The third kappa shape index (κ3) is 3.97. The first-order chi connectivity index (χ1) is 11.6. The Kier molecular flexibility index (Phi) is 5.21. The second kappa shape index (κ2) is 7.36. The molecule has 1 aliphatic rings. The summed E-state index contributed by atoms with van der Waals surface area (Å²) in [5, 5.41) is 3.79. The fourth-order valence-electron chi connectivity index (χ4n) is 3.18. The maximum absolute atomic E-state index is 12.2. The molecule has 2 aromatic rings. The number of aromatic nitrogens is 1. The zero-order valence-corrected chi connectivity index (χ0v) is 14.3. The van der Waals surface area contributed by atoms with E-state index in [4.69, 9.17) is 21.8 Å². The molecule has 0 bridgehead atoms. The molecule has 1 amide bonds. The molecule has 0 aliphatic heterocycles. The fourth-order valence-corrected chi connectivity index (χ4v) is 3.31. The molecule has 1 aliphatic carbocycles. The Labute approximate surface area is 146 Å². The molecule has 0 spiro atoms. The number of nitrogens with two attached hydrogens (primary N) is 1. The van der Waals surface area contributed by atoms with E-state index in [9.17, 15) is 4.79 Å². The standard InChI is InChI=1S/C18H22ClN3O2/c19-14-5-3-13(4-6-14)15-11-21-17(24-15)8-7-16(23)22-18(12-20)9-1-2-10-18/h3-6,11H,1-2,7-10,12,20H2,(H,22,23). The summed E-state index contributed by atoms with van der Waals surface area (Å²) in [6.07, 6.45) is 6.68. The van der Waals surface area contributed by atoms with Crippen LogP contribution in [-0.2, 0) is 11.2 Å². The van der Waals surface area contributed by atoms with Gasteiger partial charge in [-0.15, -0.1) is 0 Å². The fraction of sp³-hybridized carbons (Fsp3) is 0.444. The topological polar surface area (TPSA) is 81.1 Å². The van der Waals surface area contributed by atoms with Gasteiger partial charge in [0.2, 0.25) is 5.91 Å². The maximum Gasteiger partial charge on any atom is 0.220 e. The molecule has 0 atom stereocenters. The Morgan fingerprint density at radius 2 is 2.00 bits per heavy atom. The number of aryl methyl sites for hydroxylation is 1. The van der Waals surface area contributed by atoms with Crippen LogP contribution in [0.4, 0.5) is 0 Å². The molecule has 24 heavy (non-hydrogen) atoms. The minimum atomic E-state index is -0.206. The number of rotatable bonds is 6. The Morgan fingerprint density at radius 1 is 1.29 bits per heavy atom. The lowest BCUT2D eigenvalue weighted by atomic mass is 9.97. The number of nitrogens with one attached hydrogen (secondary N) is 1. The molecule has 0 radical (unpaired) electrons. The van der Waals surface area contributed by atoms with Crippen molar-refractivity contribution in [1.82, 2.24) is 10.3 Å². The smallest absolute Gasteiger partial charge is 0.220 e. The number of amides is 1. The first-order valence-electron chi connectivity index (χ1n) is 8.32. The highest BCUT2D eigenvalue weighted by Crippen LogP contribution is 2.28. The molecule has 128 valence electrons. The Hall–Kier alpha value is -1.85. The van der Waals surface area contributed by atoms with Gasteiger partial charge >= 0.3 is 0 Å². The van der Waals surface area contributed by atoms with Gasteiger partial charge in [-0.05, 0) is 37.1 Å². The van der Waals surface area contributed by atoms with Crippen molar-refractivity contribution in [1.29, 1.82) is 0 Å². The van der Waals surface area contributed by atoms with Gasteiger partial charge in [0, 0.05) is 30.0 Å². The number of carbonyl (C=O) groups excluding carboxylic acids is 1. The van der Waals surface area contributed by atoms with Crippen LogP contribution >= 0.6 is 11.6 Å². The van der Waals surface area contributed by atoms with Gasteiger partial charge in [0.25, 0.3) is 0 Å². The summed E-state index contributed by atoms with van der Waals surface area (Å²) in [5.41, 5.74) is 6.55. The zero-order valence-electron chi connectivity index (χ0n) is 13.6. The van der Waals surface area contributed by atoms with Crippen molar-refractivity contribution in [3.8, 4) is 11.3 Å². The van der Waals surface area contributed by atoms with Crippen molar-refractivity contribution in [2.24, 2.45) is 5.73 Å². The highest BCUT2D eigenvalue weighted by molar-refractivity contribution is 6.30. The third-order valence-corrected chi connectivity index (χ3v) is 4.86. The van der Waals surface area contributed by atoms with Crippen molar-refractivity contribution in [3.63, 3.8) is 0 Å². The van der Waals surface area contributed by atoms with E-state index in [2.05, 4.69) is 10.3 Å². The average Bonchev–Trinajstić information content (AvgIpc) is 3.24. The summed E-state index contributed by atoms with van der Waals surface area (Å²) >= 11 is 5.88. The van der Waals surface area contributed by atoms with Gasteiger partial charge in [-0.2, -0.15) is 0 Å². The summed E-state index contributed by atoms with van der Waals surface area (Å²) in [4.78, 5) is 16.5. The first kappa shape index (κ1) is 17.0. The normalized spacial score (nSPS) is 16.2. The third-order valence-electron chi connectivity index (χ3n) is 4.60. The number of oxazole rings is 1. The molecule has 1 aromatic heterocycles. The number of hydrogen-bond acceptors (Lipinski definition) is 4. The van der Waals surface area contributed by atoms with Crippen LogP contribution in [-0.4, -0.2) is 23.0 Å². The molecule has 3 rings (SSSR count). The minimum absolute atomic E-state index is 0.00796. The lowest BCUT2D eigenvalue weighted by molar-refractivity contribution is -0.122. The van der Waals surface area contributed by atoms with Crippen molar-refractivity contribution in [2.45, 2.75) is 44.1 Å². The highest BCUT2D eigenvalue weighted by atomic mass is 35.5. The molecule has 5 nitrogen and oxygen atoms in total. The summed E-state index contributed by atoms with van der Waals surface area (Å²) in [5.74, 6) is 1.24.